The van der Waals surface area contributed by atoms with E-state index in [4.69, 9.17) is 63.0 Å². The lowest BCUT2D eigenvalue weighted by Gasteiger charge is -2.32. The average molecular weight is 1460 g/mol. The number of aromatic carboxylic acids is 4. The third kappa shape index (κ3) is 24.0. The Balaban J connectivity index is 0.000000390. The second-order valence-electron chi connectivity index (χ2n) is 22.6. The molecule has 502 valence electrons. The Labute approximate surface area is 570 Å². The van der Waals surface area contributed by atoms with Gasteiger partial charge in [-0.1, -0.05) is 103 Å². The number of nitrogens with two attached hydrogens (primary N) is 1. The summed E-state index contributed by atoms with van der Waals surface area (Å²) in [5, 5.41) is 61.0. The van der Waals surface area contributed by atoms with Crippen LogP contribution in [-0.4, -0.2) is 114 Å². The zero-order chi connectivity index (χ0) is 71.3. The van der Waals surface area contributed by atoms with E-state index in [1.54, 1.807) is 37.3 Å². The summed E-state index contributed by atoms with van der Waals surface area (Å²) in [5.74, 6) is -2.52. The molecule has 1 aliphatic heterocycles. The Morgan fingerprint density at radius 1 is 0.624 bits per heavy atom. The normalized spacial score (nSPS) is 12.2. The van der Waals surface area contributed by atoms with Crippen molar-refractivity contribution in [2.24, 2.45) is 0 Å². The van der Waals surface area contributed by atoms with Crippen LogP contribution in [0.1, 0.15) is 153 Å². The monoisotopic (exact) mass is 1450 g/mol. The van der Waals surface area contributed by atoms with Gasteiger partial charge in [0.25, 0.3) is 11.4 Å². The second-order valence-corrected chi connectivity index (χ2v) is 25.2. The first-order valence-corrected chi connectivity index (χ1v) is 30.9. The number of allylic oxidation sites excluding steroid dienone is 2. The number of rotatable bonds is 18. The van der Waals surface area contributed by atoms with Gasteiger partial charge in [0.2, 0.25) is 0 Å². The second kappa shape index (κ2) is 36.3. The molecule has 0 atom stereocenters. The molecule has 7 N–H and O–H groups in total. The summed E-state index contributed by atoms with van der Waals surface area (Å²) in [6.07, 6.45) is 0. The number of ether oxygens (including phenoxy) is 2. The number of nitrogen functional groups attached to an aromatic ring is 1. The third-order valence-corrected chi connectivity index (χ3v) is 15.4. The molecule has 27 heteroatoms. The van der Waals surface area contributed by atoms with Gasteiger partial charge in [-0.25, -0.2) is 19.2 Å². The van der Waals surface area contributed by atoms with Gasteiger partial charge in [0, 0.05) is 73.2 Å². The van der Waals surface area contributed by atoms with Gasteiger partial charge in [-0.3, -0.25) is 20.2 Å². The van der Waals surface area contributed by atoms with Crippen molar-refractivity contribution < 1.29 is 68.2 Å². The first kappa shape index (κ1) is 80.9. The van der Waals surface area contributed by atoms with E-state index in [1.165, 1.54) is 30.3 Å². The van der Waals surface area contributed by atoms with Gasteiger partial charge in [-0.15, -0.1) is 6.58 Å². The molecule has 0 aromatic heterocycles. The van der Waals surface area contributed by atoms with E-state index < -0.39 is 45.1 Å². The maximum absolute atomic E-state index is 11.6. The minimum Gasteiger partial charge on any atom is -0.494 e. The number of carbonyl (C=O) groups is 4. The number of hydrogen-bond donors (Lipinski definition) is 6. The van der Waals surface area contributed by atoms with Gasteiger partial charge in [-0.2, -0.15) is 0 Å². The zero-order valence-corrected chi connectivity index (χ0v) is 59.5. The minimum atomic E-state index is -1.31. The summed E-state index contributed by atoms with van der Waals surface area (Å²) in [4.78, 5) is 66.9. The van der Waals surface area contributed by atoms with Crippen LogP contribution >= 0.6 is 55.1 Å². The molecule has 1 saturated heterocycles. The maximum atomic E-state index is 11.6. The number of carboxylic acid groups (broad SMARTS) is 4. The van der Waals surface area contributed by atoms with Crippen LogP contribution in [0, 0.1) is 20.2 Å². The number of anilines is 5. The molecule has 93 heavy (non-hydrogen) atoms. The number of nitro benzene ring substituents is 2. The lowest BCUT2D eigenvalue weighted by Crippen LogP contribution is -2.41. The van der Waals surface area contributed by atoms with Crippen LogP contribution in [0.2, 0.25) is 10.0 Å². The number of carboxylic acids is 4. The van der Waals surface area contributed by atoms with Crippen molar-refractivity contribution in [1.29, 1.82) is 0 Å². The predicted molar refractivity (Wildman–Crippen MR) is 378 cm³/mol. The largest absolute Gasteiger partial charge is 0.494 e. The fraction of sp³-hybridized carbons (Fsp3) is 0.333. The Bertz CT molecular complexity index is 3660. The highest BCUT2D eigenvalue weighted by atomic mass is 79.9. The molecular weight excluding hydrogens is 1370 g/mol. The number of benzene rings is 6. The topological polar surface area (TPSA) is 317 Å². The maximum Gasteiger partial charge on any atom is 0.489 e. The van der Waals surface area contributed by atoms with Gasteiger partial charge in [0.1, 0.15) is 22.6 Å². The molecule has 0 saturated carbocycles. The zero-order valence-electron chi connectivity index (χ0n) is 54.9. The number of nitro groups is 2. The van der Waals surface area contributed by atoms with Crippen LogP contribution < -0.4 is 30.3 Å². The van der Waals surface area contributed by atoms with Crippen LogP contribution in [0.15, 0.2) is 125 Å². The molecule has 0 amide bonds. The van der Waals surface area contributed by atoms with E-state index >= 15 is 0 Å². The molecular formula is C66H81BBr2Cl2N6O16. The molecule has 0 spiro atoms. The van der Waals surface area contributed by atoms with Crippen LogP contribution in [0.5, 0.6) is 11.5 Å². The van der Waals surface area contributed by atoms with Crippen LogP contribution in [-0.2, 0) is 9.31 Å². The molecule has 0 aliphatic carbocycles. The molecule has 6 aromatic rings. The van der Waals surface area contributed by atoms with Crippen molar-refractivity contribution in [3.05, 3.63) is 194 Å². The third-order valence-electron chi connectivity index (χ3n) is 13.7. The van der Waals surface area contributed by atoms with Gasteiger partial charge >= 0.3 is 31.0 Å². The van der Waals surface area contributed by atoms with Crippen molar-refractivity contribution in [1.82, 2.24) is 0 Å². The average Bonchev–Trinajstić information content (AvgIpc) is 1.70. The summed E-state index contributed by atoms with van der Waals surface area (Å²) >= 11 is 19.0. The van der Waals surface area contributed by atoms with E-state index in [9.17, 15) is 44.5 Å². The molecule has 0 bridgehead atoms. The Kier molecular flexibility index (Phi) is 31.6. The Morgan fingerprint density at radius 2 is 1.03 bits per heavy atom. The Morgan fingerprint density at radius 3 is 1.41 bits per heavy atom. The molecule has 22 nitrogen and oxygen atoms in total. The van der Waals surface area contributed by atoms with Gasteiger partial charge in [0.05, 0.1) is 78.2 Å². The highest BCUT2D eigenvalue weighted by Crippen LogP contribution is 2.41. The highest BCUT2D eigenvalue weighted by molar-refractivity contribution is 9.10. The van der Waals surface area contributed by atoms with E-state index in [2.05, 4.69) is 64.2 Å². The Hall–Kier alpha value is -8.20. The summed E-state index contributed by atoms with van der Waals surface area (Å²) in [6.45, 7) is 32.4. The fourth-order valence-electron chi connectivity index (χ4n) is 8.09. The minimum absolute atomic E-state index is 0.171. The quantitative estimate of drug-likeness (QED) is 0.0201. The van der Waals surface area contributed by atoms with Crippen LogP contribution in [0.4, 0.5) is 39.8 Å². The van der Waals surface area contributed by atoms with E-state index in [1.807, 2.05) is 131 Å². The van der Waals surface area contributed by atoms with Crippen molar-refractivity contribution in [3.8, 4) is 11.5 Å². The first-order chi connectivity index (χ1) is 43.0. The van der Waals surface area contributed by atoms with Crippen molar-refractivity contribution >= 4 is 131 Å². The molecule has 6 aromatic carbocycles. The number of hydrogen-bond acceptors (Lipinski definition) is 16. The highest BCUT2D eigenvalue weighted by Gasteiger charge is 2.51. The number of nitrogens with one attached hydrogen (secondary N) is 1. The van der Waals surface area contributed by atoms with Crippen molar-refractivity contribution in [3.63, 3.8) is 0 Å². The van der Waals surface area contributed by atoms with Crippen molar-refractivity contribution in [2.45, 2.75) is 106 Å². The molecule has 1 fully saturated rings. The van der Waals surface area contributed by atoms with Gasteiger partial charge < -0.3 is 60.1 Å². The number of nitrogens with zero attached hydrogens (tertiary/aromatic N) is 4. The van der Waals surface area contributed by atoms with Gasteiger partial charge in [0.15, 0.2) is 0 Å². The van der Waals surface area contributed by atoms with Crippen molar-refractivity contribution in [2.75, 3.05) is 62.3 Å². The summed E-state index contributed by atoms with van der Waals surface area (Å²) in [6, 6.07) is 25.4. The smallest absolute Gasteiger partial charge is 0.489 e. The fourth-order valence-corrected chi connectivity index (χ4v) is 10.1. The van der Waals surface area contributed by atoms with Crippen LogP contribution in [0.25, 0.3) is 5.57 Å². The van der Waals surface area contributed by atoms with E-state index in [-0.39, 0.29) is 46.5 Å². The lowest BCUT2D eigenvalue weighted by atomic mass is 9.81. The summed E-state index contributed by atoms with van der Waals surface area (Å²) in [7, 11) is 7.43. The standard InChI is InChI=1S/C20H25ClN2O3.C10H13BrClNO.C10H9NO4.C10H13NO2.C9H17BO2.C7H4BrNO4/c1-6-26-14-10-16(21)19(23(4)5)18(11-14)22-17-9-13(12(2)3)7-8-15(17)20(24)25;1-4-14-7-5-8(11)10(13(2)3)9(12)6-7;1-6(2)7-3-4-8(10(12)13)9(5-7)11(14)15;1-6(2)7-3-4-8(10(12)13)9(11)5-7;1-7(2)10-11-8(3,4)9(5,6)12-10;8-4-1-2-5(7(10)11)6(3-4)9(12)13/h7-12,22H,6H2,1-5H3,(H,24,25);5-6H,4H2,1-3H3;3-5H,1H2,2H3,(H,12,13);3-6H,11H2,1-2H3,(H,12,13);1H2,2-6H3;1-3H,(H,10,11). The molecule has 7 rings (SSSR count). The van der Waals surface area contributed by atoms with E-state index in [0.29, 0.717) is 67.6 Å². The SMILES string of the molecule is C=C(C)B1OC(C)(C)C(C)(C)O1.C=C(C)c1ccc(C(=O)O)c([N+](=O)[O-])c1.CC(C)c1ccc(C(=O)O)c(N)c1.CCOc1cc(Cl)c(N(C)C)c(Br)c1.CCOc1cc(Cl)c(N(C)C)c(Nc2cc(C(C)C)ccc2C(=O)O)c1.O=C(O)c1ccc(Br)cc1[N+](=O)[O-]. The summed E-state index contributed by atoms with van der Waals surface area (Å²) < 4.78 is 23.8. The molecule has 0 radical (unpaired) electrons. The lowest BCUT2D eigenvalue weighted by molar-refractivity contribution is -0.385. The predicted octanol–water partition coefficient (Wildman–Crippen LogP) is 17.6. The first-order valence-electron chi connectivity index (χ1n) is 28.6. The number of halogens is 4. The molecule has 0 unspecified atom stereocenters. The molecule has 1 heterocycles. The molecule has 1 aliphatic rings. The summed E-state index contributed by atoms with van der Waals surface area (Å²) in [5.41, 5.74) is 11.5. The van der Waals surface area contributed by atoms with E-state index in [0.717, 1.165) is 44.3 Å². The van der Waals surface area contributed by atoms with Crippen LogP contribution in [0.3, 0.4) is 0 Å². The van der Waals surface area contributed by atoms with Gasteiger partial charge in [-0.05, 0) is 148 Å².